The van der Waals surface area contributed by atoms with Gasteiger partial charge in [0, 0.05) is 29.9 Å². The maximum atomic E-state index is 14.5. The van der Waals surface area contributed by atoms with E-state index in [9.17, 15) is 21.6 Å². The highest BCUT2D eigenvalue weighted by Crippen LogP contribution is 2.48. The number of aryl methyl sites for hydroxylation is 2. The number of carbonyl (C=O) groups is 1. The minimum atomic E-state index is -4.11. The number of benzene rings is 4. The molecule has 0 aliphatic carbocycles. The zero-order chi connectivity index (χ0) is 31.2. The maximum absolute atomic E-state index is 14.5. The molecule has 4 aromatic carbocycles. The first-order valence-corrected chi connectivity index (χ1v) is 17.7. The van der Waals surface area contributed by atoms with Gasteiger partial charge in [-0.05, 0) is 67.8 Å². The van der Waals surface area contributed by atoms with Crippen molar-refractivity contribution in [1.82, 2.24) is 8.61 Å². The van der Waals surface area contributed by atoms with Gasteiger partial charge in [0.2, 0.25) is 20.0 Å². The smallest absolute Gasteiger partial charge is 0.243 e. The summed E-state index contributed by atoms with van der Waals surface area (Å²) in [6.45, 7) is 3.61. The van der Waals surface area contributed by atoms with Crippen molar-refractivity contribution in [3.05, 3.63) is 130 Å². The summed E-state index contributed by atoms with van der Waals surface area (Å²) in [7, 11) is -8.17. The lowest BCUT2D eigenvalue weighted by atomic mass is 9.77. The molecule has 0 N–H and O–H groups in total. The number of fused-ring (bicyclic) bond motifs is 1. The second-order valence-electron chi connectivity index (χ2n) is 11.6. The Morgan fingerprint density at radius 1 is 0.682 bits per heavy atom. The highest BCUT2D eigenvalue weighted by atomic mass is 35.5. The molecule has 44 heavy (non-hydrogen) atoms. The Bertz CT molecular complexity index is 1900. The molecule has 0 bridgehead atoms. The normalized spacial score (nSPS) is 23.3. The van der Waals surface area contributed by atoms with Crippen LogP contribution in [0, 0.1) is 19.8 Å². The van der Waals surface area contributed by atoms with Crippen molar-refractivity contribution in [2.24, 2.45) is 5.92 Å². The van der Waals surface area contributed by atoms with Crippen molar-refractivity contribution < 1.29 is 21.6 Å². The number of hydrogen-bond acceptors (Lipinski definition) is 5. The molecule has 0 spiro atoms. The molecule has 3 unspecified atom stereocenters. The molecule has 2 aliphatic rings. The summed E-state index contributed by atoms with van der Waals surface area (Å²) in [6, 6.07) is 27.1. The van der Waals surface area contributed by atoms with Crippen LogP contribution in [-0.4, -0.2) is 43.8 Å². The van der Waals surface area contributed by atoms with Crippen LogP contribution in [0.1, 0.15) is 47.2 Å². The lowest BCUT2D eigenvalue weighted by Crippen LogP contribution is -2.60. The van der Waals surface area contributed by atoms with Gasteiger partial charge in [0.25, 0.3) is 0 Å². The van der Waals surface area contributed by atoms with Crippen LogP contribution >= 0.6 is 11.6 Å². The summed E-state index contributed by atoms with van der Waals surface area (Å²) in [5.41, 5.74) is 3.18. The van der Waals surface area contributed by atoms with E-state index in [0.717, 1.165) is 11.1 Å². The Labute approximate surface area is 264 Å². The summed E-state index contributed by atoms with van der Waals surface area (Å²) < 4.78 is 60.3. The number of carbonyl (C=O) groups excluding carboxylic acids is 1. The first-order valence-electron chi connectivity index (χ1n) is 14.5. The number of rotatable bonds is 6. The molecule has 2 heterocycles. The molecule has 0 aromatic heterocycles. The van der Waals surface area contributed by atoms with E-state index >= 15 is 0 Å². The van der Waals surface area contributed by atoms with E-state index in [1.165, 1.54) is 8.61 Å². The van der Waals surface area contributed by atoms with Crippen LogP contribution < -0.4 is 0 Å². The highest BCUT2D eigenvalue weighted by molar-refractivity contribution is 7.89. The summed E-state index contributed by atoms with van der Waals surface area (Å²) in [4.78, 5) is 14.2. The summed E-state index contributed by atoms with van der Waals surface area (Å²) >= 11 is 6.39. The minimum absolute atomic E-state index is 0.0590. The third kappa shape index (κ3) is 5.63. The Morgan fingerprint density at radius 2 is 1.25 bits per heavy atom. The van der Waals surface area contributed by atoms with E-state index in [-0.39, 0.29) is 35.0 Å². The predicted molar refractivity (Wildman–Crippen MR) is 170 cm³/mol. The number of piperidine rings is 2. The standard InChI is InChI=1S/C34H33ClN2O5S2/c1-23-11-15-28(16-12-23)43(39,40)36-22-30-33(20-31(36)26-9-6-10-27(35)19-26)37(44(41,42)29-17-13-24(2)14-18-29)32(21-34(30)38)25-7-4-3-5-8-25/h3-19,30-33H,20-22H2,1-2H3/t30-,31?,32?,33?/m1/s1. The molecule has 2 aliphatic heterocycles. The second kappa shape index (κ2) is 11.9. The molecule has 2 saturated heterocycles. The predicted octanol–water partition coefficient (Wildman–Crippen LogP) is 6.48. The van der Waals surface area contributed by atoms with E-state index in [0.29, 0.717) is 16.1 Å². The molecule has 228 valence electrons. The van der Waals surface area contributed by atoms with Crippen molar-refractivity contribution in [1.29, 1.82) is 0 Å². The molecule has 4 aromatic rings. The van der Waals surface area contributed by atoms with E-state index in [4.69, 9.17) is 11.6 Å². The highest BCUT2D eigenvalue weighted by Gasteiger charge is 2.54. The van der Waals surface area contributed by atoms with Gasteiger partial charge in [-0.15, -0.1) is 0 Å². The topological polar surface area (TPSA) is 91.8 Å². The number of Topliss-reactive ketones (excluding diaryl/α,β-unsaturated/α-hetero) is 1. The third-order valence-electron chi connectivity index (χ3n) is 8.74. The van der Waals surface area contributed by atoms with Crippen LogP contribution in [0.5, 0.6) is 0 Å². The molecule has 4 atom stereocenters. The van der Waals surface area contributed by atoms with E-state index in [1.807, 2.05) is 44.2 Å². The van der Waals surface area contributed by atoms with Gasteiger partial charge in [-0.25, -0.2) is 16.8 Å². The van der Waals surface area contributed by atoms with Crippen molar-refractivity contribution in [2.75, 3.05) is 6.54 Å². The van der Waals surface area contributed by atoms with E-state index in [1.54, 1.807) is 72.8 Å². The SMILES string of the molecule is Cc1ccc(S(=O)(=O)N2C[C@H]3C(=O)CC(c4ccccc4)N(S(=O)(=O)c4ccc(C)cc4)C3CC2c2cccc(Cl)c2)cc1. The number of ketones is 1. The summed E-state index contributed by atoms with van der Waals surface area (Å²) in [6.07, 6.45) is 0.0206. The number of halogens is 1. The molecular formula is C34H33ClN2O5S2. The average Bonchev–Trinajstić information content (AvgIpc) is 3.01. The van der Waals surface area contributed by atoms with Gasteiger partial charge in [-0.2, -0.15) is 8.61 Å². The van der Waals surface area contributed by atoms with Crippen molar-refractivity contribution >= 4 is 37.4 Å². The molecular weight excluding hydrogens is 616 g/mol. The summed E-state index contributed by atoms with van der Waals surface area (Å²) in [5.74, 6) is -1.02. The van der Waals surface area contributed by atoms with Crippen molar-refractivity contribution in [3.63, 3.8) is 0 Å². The number of hydrogen-bond donors (Lipinski definition) is 0. The lowest BCUT2D eigenvalue weighted by Gasteiger charge is -2.51. The van der Waals surface area contributed by atoms with Crippen molar-refractivity contribution in [2.45, 2.75) is 54.6 Å². The van der Waals surface area contributed by atoms with Crippen LogP contribution in [0.15, 0.2) is 113 Å². The van der Waals surface area contributed by atoms with Gasteiger partial charge in [0.15, 0.2) is 0 Å². The van der Waals surface area contributed by atoms with Gasteiger partial charge in [-0.1, -0.05) is 89.5 Å². The van der Waals surface area contributed by atoms with Crippen molar-refractivity contribution in [3.8, 4) is 0 Å². The minimum Gasteiger partial charge on any atom is -0.299 e. The summed E-state index contributed by atoms with van der Waals surface area (Å²) in [5, 5.41) is 0.434. The van der Waals surface area contributed by atoms with Crippen LogP contribution in [0.4, 0.5) is 0 Å². The van der Waals surface area contributed by atoms with Crippen LogP contribution in [-0.2, 0) is 24.8 Å². The van der Waals surface area contributed by atoms with Gasteiger partial charge in [0.05, 0.1) is 21.9 Å². The first-order chi connectivity index (χ1) is 21.0. The quantitative estimate of drug-likeness (QED) is 0.239. The lowest BCUT2D eigenvalue weighted by molar-refractivity contribution is -0.132. The van der Waals surface area contributed by atoms with Gasteiger partial charge in [0.1, 0.15) is 5.78 Å². The maximum Gasteiger partial charge on any atom is 0.243 e. The Morgan fingerprint density at radius 3 is 1.84 bits per heavy atom. The monoisotopic (exact) mass is 648 g/mol. The van der Waals surface area contributed by atoms with Crippen LogP contribution in [0.2, 0.25) is 5.02 Å². The first kappa shape index (κ1) is 30.7. The number of sulfonamides is 2. The molecule has 6 rings (SSSR count). The van der Waals surface area contributed by atoms with Gasteiger partial charge < -0.3 is 0 Å². The van der Waals surface area contributed by atoms with Gasteiger partial charge in [-0.3, -0.25) is 4.79 Å². The fourth-order valence-corrected chi connectivity index (χ4v) is 10.2. The number of nitrogens with zero attached hydrogens (tertiary/aromatic N) is 2. The van der Waals surface area contributed by atoms with Gasteiger partial charge >= 0.3 is 0 Å². The Hall–Kier alpha value is -3.34. The van der Waals surface area contributed by atoms with E-state index < -0.39 is 44.1 Å². The fourth-order valence-electron chi connectivity index (χ4n) is 6.46. The van der Waals surface area contributed by atoms with E-state index in [2.05, 4.69) is 0 Å². The van der Waals surface area contributed by atoms with Crippen LogP contribution in [0.3, 0.4) is 0 Å². The molecule has 0 saturated carbocycles. The molecule has 0 radical (unpaired) electrons. The molecule has 0 amide bonds. The fraction of sp³-hybridized carbons (Fsp3) is 0.265. The molecule has 2 fully saturated rings. The molecule has 10 heteroatoms. The largest absolute Gasteiger partial charge is 0.299 e. The Balaban J connectivity index is 1.51. The van der Waals surface area contributed by atoms with Crippen LogP contribution in [0.25, 0.3) is 0 Å². The molecule has 7 nitrogen and oxygen atoms in total. The zero-order valence-electron chi connectivity index (χ0n) is 24.4. The second-order valence-corrected chi connectivity index (χ2v) is 15.8. The zero-order valence-corrected chi connectivity index (χ0v) is 26.8. The third-order valence-corrected chi connectivity index (χ3v) is 12.8. The Kier molecular flexibility index (Phi) is 8.28. The average molecular weight is 649 g/mol.